The number of esters is 1. The summed E-state index contributed by atoms with van der Waals surface area (Å²) in [6, 6.07) is 0. The molecular formula is C21H32O8. The Morgan fingerprint density at radius 3 is 2.59 bits per heavy atom. The van der Waals surface area contributed by atoms with E-state index in [0.717, 1.165) is 18.4 Å². The van der Waals surface area contributed by atoms with Crippen LogP contribution in [0.3, 0.4) is 0 Å². The van der Waals surface area contributed by atoms with E-state index in [1.807, 2.05) is 26.8 Å². The Hall–Kier alpha value is -1.29. The number of fused-ring (bicyclic) bond motifs is 1. The van der Waals surface area contributed by atoms with E-state index >= 15 is 0 Å². The molecule has 0 spiro atoms. The first-order chi connectivity index (χ1) is 13.7. The van der Waals surface area contributed by atoms with Gasteiger partial charge in [-0.2, -0.15) is 0 Å². The molecule has 0 bridgehead atoms. The van der Waals surface area contributed by atoms with Crippen molar-refractivity contribution < 1.29 is 39.4 Å². The summed E-state index contributed by atoms with van der Waals surface area (Å²) in [6.45, 7) is 5.28. The van der Waals surface area contributed by atoms with Crippen molar-refractivity contribution in [2.75, 3.05) is 6.61 Å². The van der Waals surface area contributed by atoms with E-state index in [2.05, 4.69) is 6.08 Å². The van der Waals surface area contributed by atoms with E-state index in [1.54, 1.807) is 0 Å². The molecule has 0 saturated carbocycles. The minimum atomic E-state index is -1.50. The van der Waals surface area contributed by atoms with Crippen LogP contribution in [-0.4, -0.2) is 75.9 Å². The third-order valence-corrected chi connectivity index (χ3v) is 6.28. The fraction of sp³-hybridized carbons (Fsp3) is 0.762. The Bertz CT molecular complexity index is 657. The third-order valence-electron chi connectivity index (χ3n) is 6.28. The molecule has 0 radical (unpaired) electrons. The molecule has 8 heteroatoms. The van der Waals surface area contributed by atoms with Gasteiger partial charge in [0.2, 0.25) is 0 Å². The van der Waals surface area contributed by atoms with Gasteiger partial charge in [-0.1, -0.05) is 18.6 Å². The zero-order valence-electron chi connectivity index (χ0n) is 17.1. The minimum Gasteiger partial charge on any atom is -0.458 e. The SMILES string of the molecule is C/C1=C\[C@H]2OC(=O)[C@@H](C)[C@@H]2C[C@H](O[C@@H]2O[C@H](CO)[C@@H](O)[C@H](O)[C@H]2O)/C(C)=C/CC1. The number of hydrogen-bond donors (Lipinski definition) is 4. The van der Waals surface area contributed by atoms with Crippen molar-refractivity contribution in [3.8, 4) is 0 Å². The lowest BCUT2D eigenvalue weighted by Crippen LogP contribution is -2.59. The van der Waals surface area contributed by atoms with Crippen LogP contribution in [0.1, 0.15) is 40.0 Å². The molecule has 164 valence electrons. The van der Waals surface area contributed by atoms with Crippen molar-refractivity contribution in [3.63, 3.8) is 0 Å². The highest BCUT2D eigenvalue weighted by Crippen LogP contribution is 2.37. The van der Waals surface area contributed by atoms with Crippen molar-refractivity contribution in [1.82, 2.24) is 0 Å². The van der Waals surface area contributed by atoms with Crippen molar-refractivity contribution in [2.24, 2.45) is 11.8 Å². The Morgan fingerprint density at radius 1 is 1.17 bits per heavy atom. The van der Waals surface area contributed by atoms with Crippen molar-refractivity contribution in [3.05, 3.63) is 23.3 Å². The Morgan fingerprint density at radius 2 is 1.90 bits per heavy atom. The molecule has 2 fully saturated rings. The van der Waals surface area contributed by atoms with Gasteiger partial charge in [-0.25, -0.2) is 0 Å². The van der Waals surface area contributed by atoms with Crippen LogP contribution in [-0.2, 0) is 19.0 Å². The molecule has 3 aliphatic rings. The maximum Gasteiger partial charge on any atom is 0.309 e. The number of aliphatic hydroxyl groups is 4. The van der Waals surface area contributed by atoms with Crippen molar-refractivity contribution in [1.29, 1.82) is 0 Å². The highest BCUT2D eigenvalue weighted by atomic mass is 16.7. The Kier molecular flexibility index (Phi) is 7.14. The molecule has 0 aromatic heterocycles. The molecule has 29 heavy (non-hydrogen) atoms. The number of carbonyl (C=O) groups excluding carboxylic acids is 1. The summed E-state index contributed by atoms with van der Waals surface area (Å²) in [7, 11) is 0. The first-order valence-electron chi connectivity index (χ1n) is 10.2. The fourth-order valence-electron chi connectivity index (χ4n) is 4.24. The molecule has 0 aromatic rings. The lowest BCUT2D eigenvalue weighted by atomic mass is 9.83. The van der Waals surface area contributed by atoms with Gasteiger partial charge >= 0.3 is 5.97 Å². The molecule has 0 amide bonds. The number of rotatable bonds is 3. The molecule has 4 N–H and O–H groups in total. The van der Waals surface area contributed by atoms with Crippen LogP contribution in [0.2, 0.25) is 0 Å². The van der Waals surface area contributed by atoms with Gasteiger partial charge in [0.25, 0.3) is 0 Å². The van der Waals surface area contributed by atoms with Crippen LogP contribution in [0.25, 0.3) is 0 Å². The van der Waals surface area contributed by atoms with Gasteiger partial charge in [0.1, 0.15) is 30.5 Å². The van der Waals surface area contributed by atoms with E-state index in [1.165, 1.54) is 5.57 Å². The molecule has 2 heterocycles. The molecule has 8 nitrogen and oxygen atoms in total. The quantitative estimate of drug-likeness (QED) is 0.388. The second-order valence-electron chi connectivity index (χ2n) is 8.41. The fourth-order valence-corrected chi connectivity index (χ4v) is 4.24. The molecule has 3 rings (SSSR count). The van der Waals surface area contributed by atoms with Gasteiger partial charge in [-0.05, 0) is 44.8 Å². The summed E-state index contributed by atoms with van der Waals surface area (Å²) in [5.74, 6) is -0.637. The highest BCUT2D eigenvalue weighted by molar-refractivity contribution is 5.75. The summed E-state index contributed by atoms with van der Waals surface area (Å²) >= 11 is 0. The largest absolute Gasteiger partial charge is 0.458 e. The molecule has 2 aliphatic heterocycles. The normalized spacial score (nSPS) is 47.4. The third kappa shape index (κ3) is 4.73. The standard InChI is InChI=1S/C21H32O8/c1-10-5-4-6-11(2)14(8-13-12(3)20(26)27-15(13)7-10)28-21-19(25)18(24)17(23)16(9-22)29-21/h6-7,12-19,21-25H,4-5,8-9H2,1-3H3/b10-7+,11-6+/t12-,13-,14-,15+,16+,17+,18-,19+,21+/m0/s1. The van der Waals surface area contributed by atoms with Crippen LogP contribution in [0, 0.1) is 11.8 Å². The summed E-state index contributed by atoms with van der Waals surface area (Å²) in [5, 5.41) is 39.7. The molecule has 0 unspecified atom stereocenters. The topological polar surface area (TPSA) is 126 Å². The van der Waals surface area contributed by atoms with Crippen molar-refractivity contribution >= 4 is 5.97 Å². The summed E-state index contributed by atoms with van der Waals surface area (Å²) in [5.41, 5.74) is 2.10. The van der Waals surface area contributed by atoms with Gasteiger partial charge in [-0.3, -0.25) is 4.79 Å². The highest BCUT2D eigenvalue weighted by Gasteiger charge is 2.47. The average molecular weight is 412 g/mol. The van der Waals surface area contributed by atoms with Gasteiger partial charge < -0.3 is 34.6 Å². The maximum atomic E-state index is 12.2. The Labute approximate surface area is 170 Å². The molecule has 2 saturated heterocycles. The summed E-state index contributed by atoms with van der Waals surface area (Å²) < 4.78 is 17.1. The first kappa shape index (κ1) is 22.4. The number of carbonyl (C=O) groups is 1. The smallest absolute Gasteiger partial charge is 0.309 e. The van der Waals surface area contributed by atoms with Gasteiger partial charge in [0.15, 0.2) is 6.29 Å². The minimum absolute atomic E-state index is 0.103. The lowest BCUT2D eigenvalue weighted by Gasteiger charge is -2.41. The van der Waals surface area contributed by atoms with E-state index in [-0.39, 0.29) is 23.9 Å². The molecule has 0 aromatic carbocycles. The zero-order valence-corrected chi connectivity index (χ0v) is 17.1. The summed E-state index contributed by atoms with van der Waals surface area (Å²) in [6.07, 6.45) is -1.29. The monoisotopic (exact) mass is 412 g/mol. The second kappa shape index (κ2) is 9.24. The summed E-state index contributed by atoms with van der Waals surface area (Å²) in [4.78, 5) is 12.2. The van der Waals surface area contributed by atoms with E-state index in [9.17, 15) is 25.2 Å². The zero-order chi connectivity index (χ0) is 21.3. The van der Waals surface area contributed by atoms with Gasteiger partial charge in [0.05, 0.1) is 18.6 Å². The van der Waals surface area contributed by atoms with E-state index < -0.39 is 43.4 Å². The van der Waals surface area contributed by atoms with Crippen LogP contribution in [0.4, 0.5) is 0 Å². The molecule has 9 atom stereocenters. The number of ether oxygens (including phenoxy) is 3. The van der Waals surface area contributed by atoms with E-state index in [0.29, 0.717) is 6.42 Å². The van der Waals surface area contributed by atoms with Crippen LogP contribution >= 0.6 is 0 Å². The average Bonchev–Trinajstić information content (AvgIpc) is 2.94. The van der Waals surface area contributed by atoms with Crippen molar-refractivity contribution in [2.45, 2.75) is 82.9 Å². The predicted molar refractivity (Wildman–Crippen MR) is 103 cm³/mol. The van der Waals surface area contributed by atoms with Gasteiger partial charge in [0, 0.05) is 5.92 Å². The van der Waals surface area contributed by atoms with E-state index in [4.69, 9.17) is 14.2 Å². The number of hydrogen-bond acceptors (Lipinski definition) is 8. The predicted octanol–water partition coefficient (Wildman–Crippen LogP) is 0.426. The lowest BCUT2D eigenvalue weighted by molar-refractivity contribution is -0.309. The Balaban J connectivity index is 1.82. The van der Waals surface area contributed by atoms with Gasteiger partial charge in [-0.15, -0.1) is 0 Å². The number of aliphatic hydroxyl groups excluding tert-OH is 4. The molecule has 1 aliphatic carbocycles. The maximum absolute atomic E-state index is 12.2. The van der Waals surface area contributed by atoms with Crippen LogP contribution < -0.4 is 0 Å². The van der Waals surface area contributed by atoms with Crippen LogP contribution in [0.5, 0.6) is 0 Å². The molecular weight excluding hydrogens is 380 g/mol. The second-order valence-corrected chi connectivity index (χ2v) is 8.41. The van der Waals surface area contributed by atoms with Crippen LogP contribution in [0.15, 0.2) is 23.3 Å². The number of allylic oxidation sites excluding steroid dienone is 2. The first-order valence-corrected chi connectivity index (χ1v) is 10.2.